The molecule has 0 saturated heterocycles. The van der Waals surface area contributed by atoms with E-state index in [1.807, 2.05) is 31.2 Å². The molecule has 2 aromatic rings. The number of ketones is 1. The summed E-state index contributed by atoms with van der Waals surface area (Å²) in [6, 6.07) is 12.3. The number of hydrogen-bond acceptors (Lipinski definition) is 2. The zero-order valence-electron chi connectivity index (χ0n) is 11.5. The van der Waals surface area contributed by atoms with Crippen LogP contribution in [0.25, 0.3) is 6.08 Å². The van der Waals surface area contributed by atoms with Gasteiger partial charge in [-0.05, 0) is 43.3 Å². The van der Waals surface area contributed by atoms with Crippen LogP contribution in [0.1, 0.15) is 22.8 Å². The van der Waals surface area contributed by atoms with E-state index < -0.39 is 0 Å². The molecule has 0 unspecified atom stereocenters. The second-order valence-electron chi connectivity index (χ2n) is 4.29. The van der Waals surface area contributed by atoms with Crippen molar-refractivity contribution in [3.05, 3.63) is 69.7 Å². The number of benzene rings is 2. The van der Waals surface area contributed by atoms with Gasteiger partial charge in [0, 0.05) is 16.1 Å². The topological polar surface area (TPSA) is 26.3 Å². The quantitative estimate of drug-likeness (QED) is 0.552. The summed E-state index contributed by atoms with van der Waals surface area (Å²) in [5, 5.41) is 0.859. The number of hydrogen-bond donors (Lipinski definition) is 0. The predicted octanol–water partition coefficient (Wildman–Crippen LogP) is 5.29. The Balaban J connectivity index is 2.25. The summed E-state index contributed by atoms with van der Waals surface area (Å²) in [5.74, 6) is 0.537. The number of halogens is 2. The van der Waals surface area contributed by atoms with Crippen molar-refractivity contribution in [3.63, 3.8) is 0 Å². The maximum absolute atomic E-state index is 12.2. The number of rotatable bonds is 5. The average Bonchev–Trinajstić information content (AvgIpc) is 2.49. The lowest BCUT2D eigenvalue weighted by Gasteiger charge is -2.06. The fraction of sp³-hybridized carbons (Fsp3) is 0.118. The van der Waals surface area contributed by atoms with Crippen molar-refractivity contribution in [2.24, 2.45) is 0 Å². The molecule has 0 heterocycles. The van der Waals surface area contributed by atoms with Crippen LogP contribution in [0.2, 0.25) is 10.0 Å². The Morgan fingerprint density at radius 3 is 2.71 bits per heavy atom. The molecule has 2 rings (SSSR count). The van der Waals surface area contributed by atoms with Gasteiger partial charge in [0.2, 0.25) is 0 Å². The summed E-state index contributed by atoms with van der Waals surface area (Å²) in [6.07, 6.45) is 3.18. The van der Waals surface area contributed by atoms with Crippen molar-refractivity contribution in [2.75, 3.05) is 6.61 Å². The molecule has 4 heteroatoms. The maximum Gasteiger partial charge on any atom is 0.187 e. The molecule has 0 aromatic heterocycles. The van der Waals surface area contributed by atoms with Crippen LogP contribution in [0, 0.1) is 0 Å². The fourth-order valence-corrected chi connectivity index (χ4v) is 2.23. The number of allylic oxidation sites excluding steroid dienone is 1. The van der Waals surface area contributed by atoms with E-state index in [4.69, 9.17) is 27.9 Å². The molecule has 21 heavy (non-hydrogen) atoms. The Kier molecular flexibility index (Phi) is 5.43. The van der Waals surface area contributed by atoms with Crippen molar-refractivity contribution in [2.45, 2.75) is 6.92 Å². The lowest BCUT2D eigenvalue weighted by molar-refractivity contribution is 0.104. The molecular formula is C17H14Cl2O2. The van der Waals surface area contributed by atoms with E-state index in [1.54, 1.807) is 24.3 Å². The molecule has 0 spiro atoms. The first-order valence-corrected chi connectivity index (χ1v) is 7.26. The molecule has 0 radical (unpaired) electrons. The third kappa shape index (κ3) is 4.10. The van der Waals surface area contributed by atoms with Crippen LogP contribution in [0.15, 0.2) is 48.5 Å². The Morgan fingerprint density at radius 2 is 1.95 bits per heavy atom. The standard InChI is InChI=1S/C17H14Cl2O2/c1-2-21-17-6-4-3-5-12(17)7-10-16(20)14-11-13(18)8-9-15(14)19/h3-11H,2H2,1H3/b10-7+. The van der Waals surface area contributed by atoms with E-state index in [-0.39, 0.29) is 5.78 Å². The van der Waals surface area contributed by atoms with E-state index in [1.165, 1.54) is 6.08 Å². The first-order chi connectivity index (χ1) is 10.1. The lowest BCUT2D eigenvalue weighted by Crippen LogP contribution is -1.96. The molecule has 2 aromatic carbocycles. The average molecular weight is 321 g/mol. The molecule has 0 aliphatic carbocycles. The molecule has 0 amide bonds. The van der Waals surface area contributed by atoms with Crippen LogP contribution in [0.4, 0.5) is 0 Å². The molecule has 2 nitrogen and oxygen atoms in total. The molecule has 0 aliphatic rings. The van der Waals surface area contributed by atoms with E-state index >= 15 is 0 Å². The van der Waals surface area contributed by atoms with Crippen LogP contribution in [-0.4, -0.2) is 12.4 Å². The number of ether oxygens (including phenoxy) is 1. The second-order valence-corrected chi connectivity index (χ2v) is 5.14. The van der Waals surface area contributed by atoms with Crippen LogP contribution in [-0.2, 0) is 0 Å². The predicted molar refractivity (Wildman–Crippen MR) is 87.4 cm³/mol. The molecule has 0 saturated carbocycles. The minimum Gasteiger partial charge on any atom is -0.493 e. The molecule has 0 aliphatic heterocycles. The molecule has 108 valence electrons. The second kappa shape index (κ2) is 7.30. The largest absolute Gasteiger partial charge is 0.493 e. The fourth-order valence-electron chi connectivity index (χ4n) is 1.85. The number of carbonyl (C=O) groups is 1. The first-order valence-electron chi connectivity index (χ1n) is 6.51. The minimum atomic E-state index is -0.200. The van der Waals surface area contributed by atoms with Gasteiger partial charge in [-0.1, -0.05) is 41.4 Å². The van der Waals surface area contributed by atoms with Gasteiger partial charge in [-0.3, -0.25) is 4.79 Å². The molecule has 0 atom stereocenters. The zero-order valence-corrected chi connectivity index (χ0v) is 13.0. The first kappa shape index (κ1) is 15.6. The Bertz CT molecular complexity index is 678. The van der Waals surface area contributed by atoms with Gasteiger partial charge in [-0.2, -0.15) is 0 Å². The van der Waals surface area contributed by atoms with Crippen molar-refractivity contribution >= 4 is 35.1 Å². The molecule has 0 bridgehead atoms. The molecular weight excluding hydrogens is 307 g/mol. The third-order valence-electron chi connectivity index (χ3n) is 2.83. The highest BCUT2D eigenvalue weighted by atomic mass is 35.5. The van der Waals surface area contributed by atoms with Crippen molar-refractivity contribution in [1.82, 2.24) is 0 Å². The normalized spacial score (nSPS) is 10.8. The van der Waals surface area contributed by atoms with Gasteiger partial charge in [0.05, 0.1) is 11.6 Å². The summed E-state index contributed by atoms with van der Waals surface area (Å²) in [7, 11) is 0. The van der Waals surface area contributed by atoms with E-state index in [0.717, 1.165) is 11.3 Å². The van der Waals surface area contributed by atoms with Gasteiger partial charge < -0.3 is 4.74 Å². The van der Waals surface area contributed by atoms with E-state index in [9.17, 15) is 4.79 Å². The monoisotopic (exact) mass is 320 g/mol. The summed E-state index contributed by atoms with van der Waals surface area (Å²) in [5.41, 5.74) is 1.22. The van der Waals surface area contributed by atoms with Crippen molar-refractivity contribution in [1.29, 1.82) is 0 Å². The summed E-state index contributed by atoms with van der Waals surface area (Å²) in [6.45, 7) is 2.48. The Morgan fingerprint density at radius 1 is 1.19 bits per heavy atom. The van der Waals surface area contributed by atoms with Crippen molar-refractivity contribution in [3.8, 4) is 5.75 Å². The lowest BCUT2D eigenvalue weighted by atomic mass is 10.1. The highest BCUT2D eigenvalue weighted by Gasteiger charge is 2.08. The van der Waals surface area contributed by atoms with Gasteiger partial charge in [0.25, 0.3) is 0 Å². The van der Waals surface area contributed by atoms with Gasteiger partial charge in [-0.15, -0.1) is 0 Å². The van der Waals surface area contributed by atoms with Crippen LogP contribution >= 0.6 is 23.2 Å². The molecule has 0 fully saturated rings. The highest BCUT2D eigenvalue weighted by molar-refractivity contribution is 6.36. The maximum atomic E-state index is 12.2. The SMILES string of the molecule is CCOc1ccccc1/C=C/C(=O)c1cc(Cl)ccc1Cl. The van der Waals surface area contributed by atoms with Gasteiger partial charge in [0.15, 0.2) is 5.78 Å². The minimum absolute atomic E-state index is 0.200. The smallest absolute Gasteiger partial charge is 0.187 e. The summed E-state index contributed by atoms with van der Waals surface area (Å²) < 4.78 is 5.51. The highest BCUT2D eigenvalue weighted by Crippen LogP contribution is 2.23. The Labute approximate surface area is 134 Å². The third-order valence-corrected chi connectivity index (χ3v) is 3.39. The summed E-state index contributed by atoms with van der Waals surface area (Å²) in [4.78, 5) is 12.2. The molecule has 0 N–H and O–H groups in total. The van der Waals surface area contributed by atoms with Crippen LogP contribution in [0.5, 0.6) is 5.75 Å². The van der Waals surface area contributed by atoms with E-state index in [0.29, 0.717) is 22.2 Å². The van der Waals surface area contributed by atoms with Gasteiger partial charge in [-0.25, -0.2) is 0 Å². The van der Waals surface area contributed by atoms with Gasteiger partial charge in [0.1, 0.15) is 5.75 Å². The Hall–Kier alpha value is -1.77. The number of carbonyl (C=O) groups excluding carboxylic acids is 1. The zero-order chi connectivity index (χ0) is 15.2. The summed E-state index contributed by atoms with van der Waals surface area (Å²) >= 11 is 11.9. The van der Waals surface area contributed by atoms with Gasteiger partial charge >= 0.3 is 0 Å². The van der Waals surface area contributed by atoms with E-state index in [2.05, 4.69) is 0 Å². The van der Waals surface area contributed by atoms with Crippen LogP contribution in [0.3, 0.4) is 0 Å². The van der Waals surface area contributed by atoms with Crippen LogP contribution < -0.4 is 4.74 Å². The number of para-hydroxylation sites is 1. The van der Waals surface area contributed by atoms with Crippen molar-refractivity contribution < 1.29 is 9.53 Å².